The highest BCUT2D eigenvalue weighted by Gasteiger charge is 2.49. The number of aliphatic hydroxyl groups excluding tert-OH is 3. The smallest absolute Gasteiger partial charge is 0.387 e. The molecule has 0 aromatic heterocycles. The molecule has 0 saturated heterocycles. The summed E-state index contributed by atoms with van der Waals surface area (Å²) in [7, 11) is 0. The number of alkyl halides is 12. The Kier molecular flexibility index (Phi) is 27.1. The van der Waals surface area contributed by atoms with Crippen molar-refractivity contribution < 1.29 is 111 Å². The van der Waals surface area contributed by atoms with E-state index in [4.69, 9.17) is 0 Å². The van der Waals surface area contributed by atoms with Crippen LogP contribution in [-0.4, -0.2) is 111 Å². The molecule has 0 bridgehead atoms. The summed E-state index contributed by atoms with van der Waals surface area (Å²) in [5.41, 5.74) is 0.0567. The molecule has 0 aliphatic heterocycles. The Morgan fingerprint density at radius 3 is 0.840 bits per heavy atom. The first kappa shape index (κ1) is 67.9. The normalized spacial score (nSPS) is 17.6. The lowest BCUT2D eigenvalue weighted by molar-refractivity contribution is -0.139. The van der Waals surface area contributed by atoms with Crippen LogP contribution in [0.25, 0.3) is 0 Å². The maximum Gasteiger partial charge on any atom is 0.387 e. The summed E-state index contributed by atoms with van der Waals surface area (Å²) < 4.78 is 174. The number of rotatable bonds is 33. The monoisotopic (exact) mass is 1180 g/mol. The van der Waals surface area contributed by atoms with Crippen LogP contribution in [0.15, 0.2) is 72.8 Å². The van der Waals surface area contributed by atoms with Crippen LogP contribution in [0.4, 0.5) is 52.7 Å². The lowest BCUT2D eigenvalue weighted by atomic mass is 9.93. The van der Waals surface area contributed by atoms with Gasteiger partial charge in [-0.05, 0) is 127 Å². The molecule has 6 rings (SSSR count). The summed E-state index contributed by atoms with van der Waals surface area (Å²) in [5, 5.41) is 38.3. The minimum atomic E-state index is -3.05. The van der Waals surface area contributed by atoms with E-state index in [1.165, 1.54) is 72.8 Å². The van der Waals surface area contributed by atoms with Crippen molar-refractivity contribution in [2.45, 2.75) is 174 Å². The van der Waals surface area contributed by atoms with Crippen LogP contribution in [0.5, 0.6) is 17.2 Å². The number of halogens is 12. The van der Waals surface area contributed by atoms with Gasteiger partial charge >= 0.3 is 39.7 Å². The summed E-state index contributed by atoms with van der Waals surface area (Å²) in [6.45, 7) is -14.1. The summed E-state index contributed by atoms with van der Waals surface area (Å²) >= 11 is 0. The predicted molar refractivity (Wildman–Crippen MR) is 265 cm³/mol. The fourth-order valence-corrected chi connectivity index (χ4v) is 9.08. The van der Waals surface area contributed by atoms with Crippen molar-refractivity contribution in [3.8, 4) is 17.2 Å². The van der Waals surface area contributed by atoms with E-state index in [0.29, 0.717) is 0 Å². The lowest BCUT2D eigenvalue weighted by Crippen LogP contribution is -2.36. The fraction of sp³-hybridized carbons (Fsp3) is 0.611. The fourth-order valence-electron chi connectivity index (χ4n) is 9.08. The molecule has 3 saturated carbocycles. The second-order valence-electron chi connectivity index (χ2n) is 19.8. The van der Waals surface area contributed by atoms with Gasteiger partial charge in [0, 0.05) is 0 Å². The van der Waals surface area contributed by atoms with Crippen LogP contribution in [0, 0.1) is 16.2 Å². The Morgan fingerprint density at radius 1 is 0.420 bits per heavy atom. The standard InChI is InChI=1S/3C18H23F4NO4/c3*1-2-18(6-7-18)14(24)9-15(25)23-13(10-26-16(19)20)11-4-3-5-12(8-11)27-17(21)22/h3*3-5,8,13-14,16-17,24H,2,6-7,9-10H2,1H3,(H,23,25)/t13-,14?;13-,14+;13-,14-/m000/s1. The molecule has 27 heteroatoms. The second-order valence-corrected chi connectivity index (χ2v) is 19.8. The van der Waals surface area contributed by atoms with Gasteiger partial charge in [-0.1, -0.05) is 57.2 Å². The van der Waals surface area contributed by atoms with Gasteiger partial charge in [0.2, 0.25) is 17.7 Å². The van der Waals surface area contributed by atoms with Gasteiger partial charge in [-0.25, -0.2) is 0 Å². The number of hydrogen-bond donors (Lipinski definition) is 6. The average Bonchev–Trinajstić information content (AvgIpc) is 4.35. The highest BCUT2D eigenvalue weighted by atomic mass is 19.3. The maximum absolute atomic E-state index is 12.4. The van der Waals surface area contributed by atoms with Crippen molar-refractivity contribution in [1.29, 1.82) is 0 Å². The molecule has 0 heterocycles. The molecule has 456 valence electrons. The Balaban J connectivity index is 0.000000261. The first-order valence-corrected chi connectivity index (χ1v) is 26.0. The Bertz CT molecular complexity index is 2130. The van der Waals surface area contributed by atoms with Gasteiger partial charge < -0.3 is 59.7 Å². The molecule has 15 nitrogen and oxygen atoms in total. The molecule has 3 aromatic rings. The van der Waals surface area contributed by atoms with E-state index in [1.807, 2.05) is 20.8 Å². The Morgan fingerprint density at radius 2 is 0.654 bits per heavy atom. The molecule has 1 unspecified atom stereocenters. The quantitative estimate of drug-likeness (QED) is 0.0316. The molecule has 3 aliphatic carbocycles. The van der Waals surface area contributed by atoms with Crippen LogP contribution < -0.4 is 30.2 Å². The lowest BCUT2D eigenvalue weighted by Gasteiger charge is -2.23. The largest absolute Gasteiger partial charge is 0.435 e. The Labute approximate surface area is 460 Å². The molecule has 3 fully saturated rings. The van der Waals surface area contributed by atoms with Crippen molar-refractivity contribution in [3.05, 3.63) is 89.5 Å². The van der Waals surface area contributed by atoms with Crippen LogP contribution in [0.1, 0.15) is 133 Å². The molecule has 0 radical (unpaired) electrons. The molecule has 3 amide bonds. The van der Waals surface area contributed by atoms with Gasteiger partial charge in [0.1, 0.15) is 17.2 Å². The van der Waals surface area contributed by atoms with E-state index < -0.39 is 114 Å². The summed E-state index contributed by atoms with van der Waals surface area (Å²) in [5.74, 6) is -2.11. The zero-order valence-electron chi connectivity index (χ0n) is 44.5. The van der Waals surface area contributed by atoms with Crippen LogP contribution in [0.2, 0.25) is 0 Å². The predicted octanol–water partition coefficient (Wildman–Crippen LogP) is 10.9. The van der Waals surface area contributed by atoms with Crippen molar-refractivity contribution in [1.82, 2.24) is 16.0 Å². The number of carbonyl (C=O) groups excluding carboxylic acids is 3. The molecule has 6 N–H and O–H groups in total. The number of nitrogens with one attached hydrogen (secondary N) is 3. The molecule has 81 heavy (non-hydrogen) atoms. The topological polar surface area (TPSA) is 203 Å². The molecule has 3 aromatic carbocycles. The van der Waals surface area contributed by atoms with Crippen LogP contribution in [0.3, 0.4) is 0 Å². The van der Waals surface area contributed by atoms with Gasteiger partial charge in [0.15, 0.2) is 0 Å². The minimum Gasteiger partial charge on any atom is -0.435 e. The number of amides is 3. The van der Waals surface area contributed by atoms with Gasteiger partial charge in [-0.2, -0.15) is 52.7 Å². The van der Waals surface area contributed by atoms with E-state index in [9.17, 15) is 82.4 Å². The number of carbonyl (C=O) groups is 3. The van der Waals surface area contributed by atoms with E-state index in [-0.39, 0.29) is 69.4 Å². The zero-order chi connectivity index (χ0) is 60.1. The van der Waals surface area contributed by atoms with Gasteiger partial charge in [0.05, 0.1) is 75.5 Å². The highest BCUT2D eigenvalue weighted by molar-refractivity contribution is 5.78. The molecular weight excluding hydrogens is 1110 g/mol. The highest BCUT2D eigenvalue weighted by Crippen LogP contribution is 2.54. The summed E-state index contributed by atoms with van der Waals surface area (Å²) in [6, 6.07) is 13.1. The number of benzene rings is 3. The van der Waals surface area contributed by atoms with Gasteiger partial charge in [0.25, 0.3) is 0 Å². The first-order valence-electron chi connectivity index (χ1n) is 26.0. The average molecular weight is 1180 g/mol. The van der Waals surface area contributed by atoms with E-state index in [0.717, 1.165) is 57.8 Å². The van der Waals surface area contributed by atoms with Gasteiger partial charge in [-0.15, -0.1) is 0 Å². The van der Waals surface area contributed by atoms with Crippen molar-refractivity contribution in [2.75, 3.05) is 19.8 Å². The number of aliphatic hydroxyl groups is 3. The first-order chi connectivity index (χ1) is 38.3. The third kappa shape index (κ3) is 23.3. The summed E-state index contributed by atoms with van der Waals surface area (Å²) in [4.78, 5) is 36.8. The third-order valence-corrected chi connectivity index (χ3v) is 14.7. The second kappa shape index (κ2) is 32.3. The van der Waals surface area contributed by atoms with Crippen molar-refractivity contribution >= 4 is 17.7 Å². The van der Waals surface area contributed by atoms with Crippen LogP contribution in [-0.2, 0) is 28.6 Å². The van der Waals surface area contributed by atoms with E-state index in [2.05, 4.69) is 44.4 Å². The van der Waals surface area contributed by atoms with E-state index >= 15 is 0 Å². The van der Waals surface area contributed by atoms with Crippen LogP contribution >= 0.6 is 0 Å². The van der Waals surface area contributed by atoms with E-state index in [1.54, 1.807) is 0 Å². The molecular formula is C54H69F12N3O12. The molecule has 6 atom stereocenters. The SMILES string of the molecule is CCC1(C(O)CC(=O)N[C@@H](COC(F)F)c2cccc(OC(F)F)c2)CC1.CCC1([C@@H](O)CC(=O)N[C@@H](COC(F)F)c2cccc(OC(F)F)c2)CC1.CCC1([C@H](O)CC(=O)N[C@@H](COC(F)F)c2cccc(OC(F)F)c2)CC1. The zero-order valence-corrected chi connectivity index (χ0v) is 44.5. The molecule has 3 aliphatic rings. The maximum atomic E-state index is 12.4. The molecule has 0 spiro atoms. The Hall–Kier alpha value is -5.61. The number of ether oxygens (including phenoxy) is 6. The summed E-state index contributed by atoms with van der Waals surface area (Å²) in [6.07, 6.45) is 4.24. The van der Waals surface area contributed by atoms with Gasteiger partial charge in [-0.3, -0.25) is 14.4 Å². The minimum absolute atomic E-state index is 0.165. The van der Waals surface area contributed by atoms with Crippen molar-refractivity contribution in [2.24, 2.45) is 16.2 Å². The third-order valence-electron chi connectivity index (χ3n) is 14.7. The van der Waals surface area contributed by atoms with Crippen molar-refractivity contribution in [3.63, 3.8) is 0 Å². The number of hydrogen-bond acceptors (Lipinski definition) is 12.